The lowest BCUT2D eigenvalue weighted by Crippen LogP contribution is -2.09. The Morgan fingerprint density at radius 2 is 1.94 bits per heavy atom. The predicted molar refractivity (Wildman–Crippen MR) is 67.4 cm³/mol. The summed E-state index contributed by atoms with van der Waals surface area (Å²) in [5.41, 5.74) is 0.757. The summed E-state index contributed by atoms with van der Waals surface area (Å²) < 4.78 is 25.5. The highest BCUT2D eigenvalue weighted by molar-refractivity contribution is 9.10. The van der Waals surface area contributed by atoms with Crippen LogP contribution < -0.4 is 0 Å². The van der Waals surface area contributed by atoms with Gasteiger partial charge in [-0.25, -0.2) is 0 Å². The molecular formula is C13H13BrF2O. The van der Waals surface area contributed by atoms with Gasteiger partial charge >= 0.3 is 4.83 Å². The van der Waals surface area contributed by atoms with E-state index in [1.54, 1.807) is 0 Å². The molecule has 1 aromatic rings. The third kappa shape index (κ3) is 5.22. The van der Waals surface area contributed by atoms with E-state index >= 15 is 0 Å². The fraction of sp³-hybridized carbons (Fsp3) is 0.308. The average molecular weight is 303 g/mol. The molecule has 0 aliphatic heterocycles. The van der Waals surface area contributed by atoms with Crippen molar-refractivity contribution in [3.63, 3.8) is 0 Å². The summed E-state index contributed by atoms with van der Waals surface area (Å²) >= 11 is 2.21. The fourth-order valence-corrected chi connectivity index (χ4v) is 1.42. The lowest BCUT2D eigenvalue weighted by atomic mass is 10.1. The number of carbonyl (C=O) groups is 1. The summed E-state index contributed by atoms with van der Waals surface area (Å²) in [5.74, 6) is -0.287. The zero-order valence-electron chi connectivity index (χ0n) is 9.42. The lowest BCUT2D eigenvalue weighted by molar-refractivity contribution is -0.114. The first-order chi connectivity index (χ1) is 7.89. The molecule has 0 radical (unpaired) electrons. The third-order valence-electron chi connectivity index (χ3n) is 2.33. The monoisotopic (exact) mass is 302 g/mol. The molecule has 0 fully saturated rings. The summed E-state index contributed by atoms with van der Waals surface area (Å²) in [7, 11) is 0. The van der Waals surface area contributed by atoms with Gasteiger partial charge in [-0.3, -0.25) is 4.79 Å². The van der Waals surface area contributed by atoms with Crippen LogP contribution in [0.25, 0.3) is 0 Å². The number of ketones is 1. The van der Waals surface area contributed by atoms with Crippen LogP contribution in [0, 0.1) is 0 Å². The summed E-state index contributed by atoms with van der Waals surface area (Å²) in [6.45, 7) is 1.23. The molecule has 0 spiro atoms. The molecule has 0 bridgehead atoms. The van der Waals surface area contributed by atoms with E-state index in [1.807, 2.05) is 30.3 Å². The lowest BCUT2D eigenvalue weighted by Gasteiger charge is -2.07. The predicted octanol–water partition coefficient (Wildman–Crippen LogP) is 4.12. The van der Waals surface area contributed by atoms with Crippen molar-refractivity contribution < 1.29 is 13.6 Å². The largest absolute Gasteiger partial charge is 0.322 e. The van der Waals surface area contributed by atoms with E-state index in [9.17, 15) is 13.6 Å². The number of alkyl halides is 3. The van der Waals surface area contributed by atoms with Crippen molar-refractivity contribution in [3.8, 4) is 0 Å². The number of rotatable bonds is 5. The van der Waals surface area contributed by atoms with Gasteiger partial charge in [-0.05, 0) is 40.9 Å². The Bertz CT molecular complexity index is 407. The highest BCUT2D eigenvalue weighted by atomic mass is 79.9. The third-order valence-corrected chi connectivity index (χ3v) is 2.95. The minimum absolute atomic E-state index is 0.241. The van der Waals surface area contributed by atoms with Crippen LogP contribution in [0.4, 0.5) is 8.78 Å². The smallest absolute Gasteiger partial charge is 0.295 e. The van der Waals surface area contributed by atoms with Crippen LogP contribution >= 0.6 is 15.9 Å². The average Bonchev–Trinajstić information content (AvgIpc) is 2.26. The molecule has 0 N–H and O–H groups in total. The number of benzene rings is 1. The number of carbonyl (C=O) groups excluding carboxylic acids is 1. The molecule has 0 unspecified atom stereocenters. The summed E-state index contributed by atoms with van der Waals surface area (Å²) in [5, 5.41) is 0. The molecule has 0 aromatic heterocycles. The zero-order chi connectivity index (χ0) is 12.9. The van der Waals surface area contributed by atoms with Crippen molar-refractivity contribution in [2.75, 3.05) is 0 Å². The van der Waals surface area contributed by atoms with E-state index in [4.69, 9.17) is 0 Å². The molecule has 1 nitrogen and oxygen atoms in total. The van der Waals surface area contributed by atoms with Crippen molar-refractivity contribution in [3.05, 3.63) is 47.5 Å². The van der Waals surface area contributed by atoms with Gasteiger partial charge in [-0.1, -0.05) is 30.3 Å². The zero-order valence-corrected chi connectivity index (χ0v) is 11.0. The van der Waals surface area contributed by atoms with Crippen LogP contribution in [0.15, 0.2) is 42.0 Å². The second kappa shape index (κ2) is 6.05. The first kappa shape index (κ1) is 14.0. The van der Waals surface area contributed by atoms with Crippen LogP contribution in [0.3, 0.4) is 0 Å². The Morgan fingerprint density at radius 3 is 2.47 bits per heavy atom. The Kier molecular flexibility index (Phi) is 5.00. The van der Waals surface area contributed by atoms with Crippen LogP contribution in [0.2, 0.25) is 0 Å². The Hall–Kier alpha value is -1.03. The maximum Gasteiger partial charge on any atom is 0.322 e. The molecule has 17 heavy (non-hydrogen) atoms. The minimum Gasteiger partial charge on any atom is -0.295 e. The Labute approximate surface area is 108 Å². The Morgan fingerprint density at radius 1 is 1.35 bits per heavy atom. The van der Waals surface area contributed by atoms with Gasteiger partial charge in [0, 0.05) is 12.0 Å². The van der Waals surface area contributed by atoms with Crippen molar-refractivity contribution >= 4 is 21.7 Å². The van der Waals surface area contributed by atoms with Crippen LogP contribution in [-0.2, 0) is 11.2 Å². The van der Waals surface area contributed by atoms with E-state index in [0.717, 1.165) is 11.6 Å². The van der Waals surface area contributed by atoms with Crippen molar-refractivity contribution in [2.24, 2.45) is 0 Å². The maximum absolute atomic E-state index is 12.7. The summed E-state index contributed by atoms with van der Waals surface area (Å²) in [4.78, 5) is 8.34. The van der Waals surface area contributed by atoms with Gasteiger partial charge < -0.3 is 0 Å². The summed E-state index contributed by atoms with van der Waals surface area (Å²) in [6.07, 6.45) is 1.80. The van der Waals surface area contributed by atoms with E-state index < -0.39 is 4.83 Å². The van der Waals surface area contributed by atoms with Gasteiger partial charge in [0.15, 0.2) is 5.78 Å². The number of hydrogen-bond acceptors (Lipinski definition) is 1. The topological polar surface area (TPSA) is 17.1 Å². The van der Waals surface area contributed by atoms with Gasteiger partial charge in [0.1, 0.15) is 0 Å². The number of allylic oxidation sites excluding steroid dienone is 2. The van der Waals surface area contributed by atoms with Gasteiger partial charge in [0.2, 0.25) is 0 Å². The normalized spacial score (nSPS) is 12.6. The first-order valence-electron chi connectivity index (χ1n) is 5.22. The van der Waals surface area contributed by atoms with E-state index in [2.05, 4.69) is 15.9 Å². The number of halogens is 3. The molecule has 0 amide bonds. The van der Waals surface area contributed by atoms with E-state index in [-0.39, 0.29) is 17.8 Å². The molecule has 1 aromatic carbocycles. The first-order valence-corrected chi connectivity index (χ1v) is 6.01. The van der Waals surface area contributed by atoms with E-state index in [0.29, 0.717) is 6.42 Å². The molecule has 92 valence electrons. The maximum atomic E-state index is 12.7. The van der Waals surface area contributed by atoms with Gasteiger partial charge in [0.25, 0.3) is 0 Å². The van der Waals surface area contributed by atoms with Crippen LogP contribution in [-0.4, -0.2) is 10.6 Å². The second-order valence-electron chi connectivity index (χ2n) is 3.78. The SMILES string of the molecule is C/C(=C\C(=O)CCc1ccccc1)C(F)(F)Br. The van der Waals surface area contributed by atoms with E-state index in [1.165, 1.54) is 6.92 Å². The van der Waals surface area contributed by atoms with Crippen molar-refractivity contribution in [1.82, 2.24) is 0 Å². The molecule has 0 aliphatic rings. The van der Waals surface area contributed by atoms with Crippen LogP contribution in [0.1, 0.15) is 18.9 Å². The minimum atomic E-state index is -3.10. The molecular weight excluding hydrogens is 290 g/mol. The van der Waals surface area contributed by atoms with Crippen molar-refractivity contribution in [2.45, 2.75) is 24.6 Å². The summed E-state index contributed by atoms with van der Waals surface area (Å²) in [6, 6.07) is 9.47. The molecule has 0 saturated carbocycles. The Balaban J connectivity index is 2.52. The molecule has 1 rings (SSSR count). The molecule has 0 aliphatic carbocycles. The molecule has 0 heterocycles. The second-order valence-corrected chi connectivity index (χ2v) is 4.77. The van der Waals surface area contributed by atoms with Gasteiger partial charge in [-0.15, -0.1) is 0 Å². The highest BCUT2D eigenvalue weighted by Crippen LogP contribution is 2.30. The van der Waals surface area contributed by atoms with Gasteiger partial charge in [-0.2, -0.15) is 8.78 Å². The van der Waals surface area contributed by atoms with Crippen molar-refractivity contribution in [1.29, 1.82) is 0 Å². The van der Waals surface area contributed by atoms with Crippen LogP contribution in [0.5, 0.6) is 0 Å². The standard InChI is InChI=1S/C13H13BrF2O/c1-10(13(14,15)16)9-12(17)8-7-11-5-3-2-4-6-11/h2-6,9H,7-8H2,1H3/b10-9+. The number of hydrogen-bond donors (Lipinski definition) is 0. The number of aryl methyl sites for hydroxylation is 1. The molecule has 0 atom stereocenters. The fourth-order valence-electron chi connectivity index (χ4n) is 1.31. The highest BCUT2D eigenvalue weighted by Gasteiger charge is 2.26. The molecule has 0 saturated heterocycles. The van der Waals surface area contributed by atoms with Gasteiger partial charge in [0.05, 0.1) is 0 Å². The molecule has 4 heteroatoms. The quantitative estimate of drug-likeness (QED) is 0.590.